The van der Waals surface area contributed by atoms with Gasteiger partial charge in [-0.1, -0.05) is 129 Å². The van der Waals surface area contributed by atoms with Gasteiger partial charge in [-0.2, -0.15) is 0 Å². The van der Waals surface area contributed by atoms with Crippen LogP contribution in [0, 0.1) is 23.1 Å². The van der Waals surface area contributed by atoms with E-state index in [1.54, 1.807) is 12.1 Å². The molecule has 0 amide bonds. The van der Waals surface area contributed by atoms with Crippen molar-refractivity contribution in [2.24, 2.45) is 22.4 Å². The van der Waals surface area contributed by atoms with Crippen molar-refractivity contribution in [3.8, 4) is 11.1 Å². The molecule has 7 heteroatoms. The third kappa shape index (κ3) is 18.7. The van der Waals surface area contributed by atoms with Gasteiger partial charge >= 0.3 is 0 Å². The van der Waals surface area contributed by atoms with Gasteiger partial charge in [0.15, 0.2) is 0 Å². The average molecular weight is 727 g/mol. The summed E-state index contributed by atoms with van der Waals surface area (Å²) in [6, 6.07) is 23.5. The van der Waals surface area contributed by atoms with E-state index in [2.05, 4.69) is 108 Å². The van der Waals surface area contributed by atoms with Gasteiger partial charge in [-0.25, -0.2) is 17.5 Å². The number of fused-ring (bicyclic) bond motifs is 3. The Balaban J connectivity index is 0. The molecule has 5 rings (SSSR count). The number of aryl methyl sites for hydroxylation is 1. The smallest absolute Gasteiger partial charge is 0.214 e. The molecule has 5 nitrogen and oxygen atoms in total. The number of halogens is 1. The van der Waals surface area contributed by atoms with Crippen LogP contribution < -0.4 is 4.72 Å². The van der Waals surface area contributed by atoms with Crippen molar-refractivity contribution in [2.45, 2.75) is 134 Å². The Bertz CT molecular complexity index is 1490. The number of hydrogen-bond acceptors (Lipinski definition) is 4. The number of sulfonamides is 1. The summed E-state index contributed by atoms with van der Waals surface area (Å²) in [6.07, 6.45) is 3.88. The fourth-order valence-electron chi connectivity index (χ4n) is 4.20. The molecule has 0 radical (unpaired) electrons. The SMILES string of the molecule is C.C.C=C.CC(C)C(C)(C)C.CC(C)CCc1cccc(F)c1.CC(C)NS(=O)(=O)C1CC1.CC(C)ON=C1c2ccccc2-c2ccccc21. The highest BCUT2D eigenvalue weighted by atomic mass is 32.2. The molecule has 288 valence electrons. The molecule has 3 aromatic rings. The van der Waals surface area contributed by atoms with Gasteiger partial charge in [0.2, 0.25) is 10.0 Å². The van der Waals surface area contributed by atoms with Crippen LogP contribution >= 0.6 is 0 Å². The minimum atomic E-state index is -2.94. The number of nitrogens with one attached hydrogen (secondary N) is 1. The third-order valence-electron chi connectivity index (χ3n) is 8.00. The van der Waals surface area contributed by atoms with E-state index in [1.165, 1.54) is 17.2 Å². The Morgan fingerprint density at radius 3 is 1.61 bits per heavy atom. The number of benzene rings is 3. The Morgan fingerprint density at radius 1 is 0.804 bits per heavy atom. The maximum absolute atomic E-state index is 12.7. The molecule has 0 bridgehead atoms. The average Bonchev–Trinajstić information content (AvgIpc) is 3.84. The van der Waals surface area contributed by atoms with Crippen molar-refractivity contribution in [2.75, 3.05) is 0 Å². The first-order chi connectivity index (χ1) is 22.9. The topological polar surface area (TPSA) is 67.8 Å². The van der Waals surface area contributed by atoms with Crippen molar-refractivity contribution < 1.29 is 17.6 Å². The van der Waals surface area contributed by atoms with Crippen LogP contribution in [0.4, 0.5) is 4.39 Å². The molecule has 0 aliphatic heterocycles. The van der Waals surface area contributed by atoms with E-state index in [1.807, 2.05) is 45.9 Å². The molecule has 3 aromatic carbocycles. The lowest BCUT2D eigenvalue weighted by Gasteiger charge is -2.22. The highest BCUT2D eigenvalue weighted by Gasteiger charge is 2.35. The second-order valence-electron chi connectivity index (χ2n) is 14.8. The number of rotatable bonds is 8. The van der Waals surface area contributed by atoms with Gasteiger partial charge in [-0.3, -0.25) is 0 Å². The minimum Gasteiger partial charge on any atom is -0.393 e. The summed E-state index contributed by atoms with van der Waals surface area (Å²) in [5, 5.41) is 4.23. The standard InChI is InChI=1S/C16H15NO.C11H15F.C7H16.C6H13NO2S.C2H4.2CH4/c1-11(2)18-17-16-14-9-5-3-7-12(14)13-8-4-6-10-15(13)16;1-9(2)6-7-10-4-3-5-11(12)8-10;1-6(2)7(3,4)5;1-5(2)7-10(8,9)6-3-4-6;1-2;;/h3-11H,1-2H3;3-5,8-9H,6-7H2,1-2H3;6H,1-5H3;5-7H,3-4H2,1-2H3;1-2H2;2*1H4. The molecule has 0 heterocycles. The number of nitrogens with zero attached hydrogens (tertiary/aromatic N) is 1. The fraction of sp³-hybridized carbons (Fsp3) is 0.523. The van der Waals surface area contributed by atoms with Crippen LogP contribution in [-0.2, 0) is 21.3 Å². The summed E-state index contributed by atoms with van der Waals surface area (Å²) in [5.74, 6) is 1.36. The molecule has 1 saturated carbocycles. The lowest BCUT2D eigenvalue weighted by Crippen LogP contribution is -2.32. The monoisotopic (exact) mass is 727 g/mol. The first-order valence-electron chi connectivity index (χ1n) is 17.6. The lowest BCUT2D eigenvalue weighted by molar-refractivity contribution is 0.0863. The Hall–Kier alpha value is -3.29. The summed E-state index contributed by atoms with van der Waals surface area (Å²) in [5.41, 5.74) is 7.32. The van der Waals surface area contributed by atoms with Crippen molar-refractivity contribution in [1.29, 1.82) is 0 Å². The van der Waals surface area contributed by atoms with Crippen LogP contribution in [0.25, 0.3) is 11.1 Å². The van der Waals surface area contributed by atoms with Gasteiger partial charge in [0.05, 0.1) is 5.25 Å². The molecule has 1 N–H and O–H groups in total. The first kappa shape index (κ1) is 49.8. The number of oxime groups is 1. The van der Waals surface area contributed by atoms with E-state index in [-0.39, 0.29) is 38.1 Å². The Kier molecular flexibility index (Phi) is 23.5. The number of hydrogen-bond donors (Lipinski definition) is 1. The lowest BCUT2D eigenvalue weighted by atomic mass is 9.84. The highest BCUT2D eigenvalue weighted by molar-refractivity contribution is 7.90. The molecular formula is C44H71FN2O3S. The first-order valence-corrected chi connectivity index (χ1v) is 19.2. The van der Waals surface area contributed by atoms with E-state index >= 15 is 0 Å². The zero-order chi connectivity index (χ0) is 37.4. The van der Waals surface area contributed by atoms with Crippen LogP contribution in [0.3, 0.4) is 0 Å². The van der Waals surface area contributed by atoms with E-state index in [9.17, 15) is 12.8 Å². The maximum atomic E-state index is 12.7. The van der Waals surface area contributed by atoms with Crippen LogP contribution in [0.15, 0.2) is 91.1 Å². The van der Waals surface area contributed by atoms with Crippen molar-refractivity contribution in [1.82, 2.24) is 4.72 Å². The van der Waals surface area contributed by atoms with Crippen LogP contribution in [-0.4, -0.2) is 31.5 Å². The predicted molar refractivity (Wildman–Crippen MR) is 223 cm³/mol. The maximum Gasteiger partial charge on any atom is 0.214 e. The molecule has 0 atom stereocenters. The molecule has 2 aliphatic rings. The molecule has 1 fully saturated rings. The molecule has 0 saturated heterocycles. The van der Waals surface area contributed by atoms with Crippen LogP contribution in [0.2, 0.25) is 0 Å². The van der Waals surface area contributed by atoms with Gasteiger partial charge < -0.3 is 4.84 Å². The zero-order valence-corrected chi connectivity index (χ0v) is 32.8. The van der Waals surface area contributed by atoms with Gasteiger partial charge in [0, 0.05) is 17.2 Å². The Labute approximate surface area is 313 Å². The molecule has 0 unspecified atom stereocenters. The minimum absolute atomic E-state index is 0. The normalized spacial score (nSPS) is 12.6. The van der Waals surface area contributed by atoms with E-state index < -0.39 is 10.0 Å². The van der Waals surface area contributed by atoms with E-state index in [0.29, 0.717) is 11.3 Å². The van der Waals surface area contributed by atoms with Gasteiger partial charge in [0.1, 0.15) is 17.6 Å². The van der Waals surface area contributed by atoms with Crippen molar-refractivity contribution in [3.05, 3.63) is 108 Å². The quantitative estimate of drug-likeness (QED) is 0.145. The van der Waals surface area contributed by atoms with Crippen molar-refractivity contribution in [3.63, 3.8) is 0 Å². The van der Waals surface area contributed by atoms with Crippen LogP contribution in [0.5, 0.6) is 0 Å². The molecule has 0 aromatic heterocycles. The fourth-order valence-corrected chi connectivity index (χ4v) is 5.81. The summed E-state index contributed by atoms with van der Waals surface area (Å²) in [6.45, 7) is 29.3. The largest absolute Gasteiger partial charge is 0.393 e. The van der Waals surface area contributed by atoms with E-state index in [4.69, 9.17) is 4.84 Å². The summed E-state index contributed by atoms with van der Waals surface area (Å²) >= 11 is 0. The van der Waals surface area contributed by atoms with Gasteiger partial charge in [-0.05, 0) is 99.5 Å². The van der Waals surface area contributed by atoms with E-state index in [0.717, 1.165) is 54.0 Å². The van der Waals surface area contributed by atoms with Gasteiger partial charge in [-0.15, -0.1) is 13.2 Å². The summed E-state index contributed by atoms with van der Waals surface area (Å²) < 4.78 is 37.4. The predicted octanol–water partition coefficient (Wildman–Crippen LogP) is 12.5. The molecule has 0 spiro atoms. The second kappa shape index (κ2) is 24.0. The summed E-state index contributed by atoms with van der Waals surface area (Å²) in [7, 11) is -2.94. The zero-order valence-electron chi connectivity index (χ0n) is 32.0. The molecule has 2 aliphatic carbocycles. The van der Waals surface area contributed by atoms with Gasteiger partial charge in [0.25, 0.3) is 0 Å². The third-order valence-corrected chi connectivity index (χ3v) is 10.2. The second-order valence-corrected chi connectivity index (χ2v) is 16.8. The Morgan fingerprint density at radius 2 is 1.25 bits per heavy atom. The molecular weight excluding hydrogens is 656 g/mol. The van der Waals surface area contributed by atoms with Crippen molar-refractivity contribution >= 4 is 15.7 Å². The molecule has 51 heavy (non-hydrogen) atoms. The summed E-state index contributed by atoms with van der Waals surface area (Å²) in [4.78, 5) is 5.43. The highest BCUT2D eigenvalue weighted by Crippen LogP contribution is 2.36. The van der Waals surface area contributed by atoms with Crippen LogP contribution in [0.1, 0.15) is 127 Å².